The fourth-order valence-corrected chi connectivity index (χ4v) is 3.47. The summed E-state index contributed by atoms with van der Waals surface area (Å²) in [5, 5.41) is 0.806. The van der Waals surface area contributed by atoms with E-state index in [4.69, 9.17) is 32.7 Å². The number of ether oxygens (including phenoxy) is 2. The van der Waals surface area contributed by atoms with Gasteiger partial charge >= 0.3 is 5.97 Å². The summed E-state index contributed by atoms with van der Waals surface area (Å²) in [4.78, 5) is 29.0. The van der Waals surface area contributed by atoms with Crippen molar-refractivity contribution in [1.29, 1.82) is 0 Å². The van der Waals surface area contributed by atoms with Gasteiger partial charge in [0.15, 0.2) is 5.76 Å². The third kappa shape index (κ3) is 3.75. The number of fused-ring (bicyclic) bond motifs is 1. The SMILES string of the molecule is Cc1cc(OC(=O)c2cccnc2)cc2c1C(=O)/C(=C/c1c(Cl)cccc1Cl)O2. The van der Waals surface area contributed by atoms with Crippen molar-refractivity contribution in [3.63, 3.8) is 0 Å². The summed E-state index contributed by atoms with van der Waals surface area (Å²) < 4.78 is 11.1. The Morgan fingerprint density at radius 3 is 2.59 bits per heavy atom. The minimum absolute atomic E-state index is 0.0915. The average molecular weight is 426 g/mol. The summed E-state index contributed by atoms with van der Waals surface area (Å²) in [7, 11) is 0. The first-order valence-corrected chi connectivity index (χ1v) is 9.35. The van der Waals surface area contributed by atoms with E-state index in [9.17, 15) is 9.59 Å². The highest BCUT2D eigenvalue weighted by atomic mass is 35.5. The molecule has 1 aliphatic rings. The number of ketones is 1. The second-order valence-corrected chi connectivity index (χ2v) is 7.13. The Hall–Kier alpha value is -3.15. The number of aryl methyl sites for hydroxylation is 1. The molecule has 0 saturated heterocycles. The zero-order valence-corrected chi connectivity index (χ0v) is 16.6. The van der Waals surface area contributed by atoms with Crippen molar-refractivity contribution in [2.75, 3.05) is 0 Å². The number of nitrogens with zero attached hydrogens (tertiary/aromatic N) is 1. The lowest BCUT2D eigenvalue weighted by atomic mass is 10.0. The number of aromatic nitrogens is 1. The topological polar surface area (TPSA) is 65.5 Å². The van der Waals surface area contributed by atoms with E-state index in [0.29, 0.717) is 38.0 Å². The molecule has 4 rings (SSSR count). The first-order chi connectivity index (χ1) is 13.9. The molecular formula is C22H13Cl2NO4. The van der Waals surface area contributed by atoms with Crippen LogP contribution in [0.3, 0.4) is 0 Å². The fraction of sp³-hybridized carbons (Fsp3) is 0.0455. The Morgan fingerprint density at radius 2 is 1.90 bits per heavy atom. The molecule has 2 heterocycles. The van der Waals surface area contributed by atoms with Crippen LogP contribution in [0, 0.1) is 6.92 Å². The number of Topliss-reactive ketones (excluding diaryl/α,β-unsaturated/α-hetero) is 1. The zero-order valence-electron chi connectivity index (χ0n) is 15.1. The Morgan fingerprint density at radius 1 is 1.14 bits per heavy atom. The highest BCUT2D eigenvalue weighted by Crippen LogP contribution is 2.38. The number of carbonyl (C=O) groups excluding carboxylic acids is 2. The predicted octanol–water partition coefficient (Wildman–Crippen LogP) is 5.53. The molecule has 5 nitrogen and oxygen atoms in total. The molecule has 0 aliphatic carbocycles. The standard InChI is InChI=1S/C22H13Cl2NO4/c1-12-8-14(28-22(27)13-4-3-7-25-11-13)9-18-20(12)21(26)19(29-18)10-15-16(23)5-2-6-17(15)24/h2-11H,1H3/b19-10-. The predicted molar refractivity (Wildman–Crippen MR) is 110 cm³/mol. The number of benzene rings is 2. The van der Waals surface area contributed by atoms with Gasteiger partial charge in [-0.15, -0.1) is 0 Å². The van der Waals surface area contributed by atoms with Crippen LogP contribution >= 0.6 is 23.2 Å². The van der Waals surface area contributed by atoms with Crippen LogP contribution in [0.1, 0.15) is 31.8 Å². The molecular weight excluding hydrogens is 413 g/mol. The number of hydrogen-bond acceptors (Lipinski definition) is 5. The van der Waals surface area contributed by atoms with Crippen LogP contribution in [0.25, 0.3) is 6.08 Å². The number of allylic oxidation sites excluding steroid dienone is 1. The first kappa shape index (κ1) is 19.2. The fourth-order valence-electron chi connectivity index (χ4n) is 2.97. The highest BCUT2D eigenvalue weighted by molar-refractivity contribution is 6.37. The minimum atomic E-state index is -0.555. The number of halogens is 2. The van der Waals surface area contributed by atoms with Gasteiger partial charge in [0, 0.05) is 34.1 Å². The average Bonchev–Trinajstić information content (AvgIpc) is 3.01. The molecule has 0 bridgehead atoms. The summed E-state index contributed by atoms with van der Waals surface area (Å²) in [6, 6.07) is 11.4. The van der Waals surface area contributed by atoms with E-state index >= 15 is 0 Å². The van der Waals surface area contributed by atoms with Gasteiger partial charge in [-0.1, -0.05) is 29.3 Å². The second-order valence-electron chi connectivity index (χ2n) is 6.32. The monoisotopic (exact) mass is 425 g/mol. The van der Waals surface area contributed by atoms with Gasteiger partial charge in [0.25, 0.3) is 0 Å². The molecule has 0 spiro atoms. The van der Waals surface area contributed by atoms with E-state index in [1.807, 2.05) is 0 Å². The number of pyridine rings is 1. The van der Waals surface area contributed by atoms with E-state index in [1.54, 1.807) is 49.5 Å². The Kier molecular flexibility index (Phi) is 5.09. The van der Waals surface area contributed by atoms with Crippen molar-refractivity contribution in [3.05, 3.63) is 92.9 Å². The van der Waals surface area contributed by atoms with Crippen molar-refractivity contribution < 1.29 is 19.1 Å². The molecule has 0 saturated carbocycles. The van der Waals surface area contributed by atoms with Gasteiger partial charge < -0.3 is 9.47 Å². The van der Waals surface area contributed by atoms with Gasteiger partial charge in [-0.2, -0.15) is 0 Å². The summed E-state index contributed by atoms with van der Waals surface area (Å²) in [6.45, 7) is 1.74. The molecule has 0 atom stereocenters. The van der Waals surface area contributed by atoms with Crippen molar-refractivity contribution >= 4 is 41.0 Å². The van der Waals surface area contributed by atoms with Crippen molar-refractivity contribution in [1.82, 2.24) is 4.98 Å². The van der Waals surface area contributed by atoms with Crippen LogP contribution in [-0.2, 0) is 0 Å². The smallest absolute Gasteiger partial charge is 0.345 e. The van der Waals surface area contributed by atoms with Gasteiger partial charge in [0.1, 0.15) is 11.5 Å². The van der Waals surface area contributed by atoms with Crippen LogP contribution in [0.5, 0.6) is 11.5 Å². The van der Waals surface area contributed by atoms with Gasteiger partial charge in [0.2, 0.25) is 5.78 Å². The summed E-state index contributed by atoms with van der Waals surface area (Å²) in [5.74, 6) is -0.189. The number of rotatable bonds is 3. The maximum atomic E-state index is 12.8. The third-order valence-corrected chi connectivity index (χ3v) is 4.99. The molecule has 2 aromatic carbocycles. The Bertz CT molecular complexity index is 1150. The van der Waals surface area contributed by atoms with Crippen LogP contribution in [0.4, 0.5) is 0 Å². The summed E-state index contributed by atoms with van der Waals surface area (Å²) >= 11 is 12.4. The number of hydrogen-bond donors (Lipinski definition) is 0. The lowest BCUT2D eigenvalue weighted by Crippen LogP contribution is -2.09. The summed E-state index contributed by atoms with van der Waals surface area (Å²) in [6.07, 6.45) is 4.49. The van der Waals surface area contributed by atoms with E-state index in [2.05, 4.69) is 4.98 Å². The Labute approximate surface area is 176 Å². The van der Waals surface area contributed by atoms with Crippen LogP contribution in [-0.4, -0.2) is 16.7 Å². The highest BCUT2D eigenvalue weighted by Gasteiger charge is 2.30. The number of esters is 1. The van der Waals surface area contributed by atoms with Crippen molar-refractivity contribution in [2.45, 2.75) is 6.92 Å². The lowest BCUT2D eigenvalue weighted by Gasteiger charge is -2.07. The van der Waals surface area contributed by atoms with Gasteiger partial charge in [-0.05, 0) is 48.9 Å². The molecule has 0 unspecified atom stereocenters. The van der Waals surface area contributed by atoms with Crippen LogP contribution < -0.4 is 9.47 Å². The maximum Gasteiger partial charge on any atom is 0.345 e. The number of carbonyl (C=O) groups is 2. The molecule has 0 amide bonds. The molecule has 7 heteroatoms. The minimum Gasteiger partial charge on any atom is -0.452 e. The van der Waals surface area contributed by atoms with E-state index in [0.717, 1.165) is 0 Å². The third-order valence-electron chi connectivity index (χ3n) is 4.33. The molecule has 0 N–H and O–H groups in total. The van der Waals surface area contributed by atoms with E-state index in [1.165, 1.54) is 18.3 Å². The maximum absolute atomic E-state index is 12.8. The molecule has 0 fully saturated rings. The van der Waals surface area contributed by atoms with Gasteiger partial charge in [0.05, 0.1) is 11.1 Å². The first-order valence-electron chi connectivity index (χ1n) is 8.59. The molecule has 1 aromatic heterocycles. The quantitative estimate of drug-likeness (QED) is 0.313. The lowest BCUT2D eigenvalue weighted by molar-refractivity contribution is 0.0734. The Balaban J connectivity index is 1.65. The molecule has 1 aliphatic heterocycles. The largest absolute Gasteiger partial charge is 0.452 e. The summed E-state index contributed by atoms with van der Waals surface area (Å²) in [5.41, 5.74) is 1.83. The molecule has 29 heavy (non-hydrogen) atoms. The van der Waals surface area contributed by atoms with Gasteiger partial charge in [-0.3, -0.25) is 9.78 Å². The van der Waals surface area contributed by atoms with Crippen LogP contribution in [0.2, 0.25) is 10.0 Å². The zero-order chi connectivity index (χ0) is 20.5. The van der Waals surface area contributed by atoms with E-state index < -0.39 is 5.97 Å². The second kappa shape index (κ2) is 7.70. The van der Waals surface area contributed by atoms with Crippen LogP contribution in [0.15, 0.2) is 60.6 Å². The van der Waals surface area contributed by atoms with Gasteiger partial charge in [-0.25, -0.2) is 4.79 Å². The molecule has 144 valence electrons. The van der Waals surface area contributed by atoms with Crippen molar-refractivity contribution in [2.24, 2.45) is 0 Å². The van der Waals surface area contributed by atoms with E-state index in [-0.39, 0.29) is 17.3 Å². The molecule has 3 aromatic rings. The molecule has 0 radical (unpaired) electrons. The van der Waals surface area contributed by atoms with Crippen molar-refractivity contribution in [3.8, 4) is 11.5 Å². The normalized spacial score (nSPS) is 13.9.